The zero-order chi connectivity index (χ0) is 39.1. The number of rotatable bonds is 4. The Labute approximate surface area is 373 Å². The van der Waals surface area contributed by atoms with Gasteiger partial charge in [-0.3, -0.25) is 0 Å². The summed E-state index contributed by atoms with van der Waals surface area (Å²) in [5.41, 5.74) is 12.8. The largest absolute Gasteiger partial charge is 4.00 e. The molecule has 0 heterocycles. The summed E-state index contributed by atoms with van der Waals surface area (Å²) in [6.07, 6.45) is 0. The molecule has 4 aromatic carbocycles. The van der Waals surface area contributed by atoms with Crippen LogP contribution in [0.15, 0.2) is 60.7 Å². The van der Waals surface area contributed by atoms with Crippen molar-refractivity contribution in [2.45, 2.75) is 178 Å². The molecule has 0 unspecified atom stereocenters. The molecule has 0 spiro atoms. The minimum atomic E-state index is -3.03. The van der Waals surface area contributed by atoms with Gasteiger partial charge in [-0.15, -0.1) is 5.19 Å². The average molecular weight is 856 g/mol. The molecule has 0 bridgehead atoms. The first-order valence-corrected chi connectivity index (χ1v) is 21.5. The van der Waals surface area contributed by atoms with Crippen molar-refractivity contribution in [1.82, 2.24) is 0 Å². The predicted octanol–water partition coefficient (Wildman–Crippen LogP) is 2.50. The van der Waals surface area contributed by atoms with Gasteiger partial charge in [-0.2, -0.15) is 16.7 Å². The second-order valence-corrected chi connectivity index (χ2v) is 25.9. The first kappa shape index (κ1) is 53.8. The number of hydrogen-bond donors (Lipinski definition) is 0. The van der Waals surface area contributed by atoms with Gasteiger partial charge in [0.2, 0.25) is 0 Å². The van der Waals surface area contributed by atoms with Crippen molar-refractivity contribution in [3.63, 3.8) is 0 Å². The van der Waals surface area contributed by atoms with Crippen LogP contribution in [0.4, 0.5) is 0 Å². The van der Waals surface area contributed by atoms with Crippen molar-refractivity contribution in [2.75, 3.05) is 0 Å². The van der Waals surface area contributed by atoms with E-state index in [4.69, 9.17) is 0 Å². The van der Waals surface area contributed by atoms with E-state index in [0.29, 0.717) is 0 Å². The molecule has 55 heavy (non-hydrogen) atoms. The van der Waals surface area contributed by atoms with Crippen LogP contribution in [0, 0.1) is 20.8 Å². The molecule has 0 amide bonds. The first-order chi connectivity index (χ1) is 22.8. The first-order valence-electron chi connectivity index (χ1n) is 19.5. The zero-order valence-corrected chi connectivity index (χ0v) is 43.2. The molecule has 0 fully saturated rings. The van der Waals surface area contributed by atoms with Crippen molar-refractivity contribution >= 4 is 28.8 Å². The van der Waals surface area contributed by atoms with E-state index < -0.39 is 8.07 Å². The van der Waals surface area contributed by atoms with Gasteiger partial charge in [-0.25, -0.2) is 6.07 Å². The number of benzene rings is 3. The Hall–Kier alpha value is -1.19. The van der Waals surface area contributed by atoms with Gasteiger partial charge in [0.15, 0.2) is 0 Å². The molecule has 0 atom stereocenters. The van der Waals surface area contributed by atoms with Crippen LogP contribution in [0.3, 0.4) is 0 Å². The van der Waals surface area contributed by atoms with Gasteiger partial charge >= 0.3 is 21.7 Å². The molecular formula is C50H73Cl3SiTi. The molecule has 4 aromatic rings. The van der Waals surface area contributed by atoms with E-state index in [1.54, 1.807) is 5.19 Å². The summed E-state index contributed by atoms with van der Waals surface area (Å²) in [6.45, 7) is 50.1. The average Bonchev–Trinajstić information content (AvgIpc) is 3.21. The van der Waals surface area contributed by atoms with Crippen LogP contribution < -0.4 is 58.0 Å². The van der Waals surface area contributed by atoms with Gasteiger partial charge in [0.05, 0.1) is 0 Å². The molecule has 0 N–H and O–H groups in total. The normalized spacial score (nSPS) is 13.0. The maximum atomic E-state index is 2.64. The topological polar surface area (TPSA) is 0 Å². The SMILES string of the molecule is Cc1cc(C)[c-]([Si](c2cc(C(C)(C)C)cc(C(C)(C)C)c2)(c2cc(C(C)(C)C)cc(C(C)(C)C)c2)c2cc(C(C)(C)C)cc(C(C)(C)C)c2)c1C.[Cl-].[Cl-].[Cl-].[Ti+4]. The summed E-state index contributed by atoms with van der Waals surface area (Å²) < 4.78 is 0. The second-order valence-electron chi connectivity index (χ2n) is 22.2. The monoisotopic (exact) mass is 854 g/mol. The Bertz CT molecular complexity index is 1640. The molecule has 0 saturated carbocycles. The Morgan fingerprint density at radius 1 is 0.345 bits per heavy atom. The minimum Gasteiger partial charge on any atom is -1.00 e. The molecule has 4 rings (SSSR count). The minimum absolute atomic E-state index is 0. The van der Waals surface area contributed by atoms with Gasteiger partial charge in [-0.1, -0.05) is 216 Å². The molecule has 0 nitrogen and oxygen atoms in total. The van der Waals surface area contributed by atoms with Crippen molar-refractivity contribution in [3.05, 3.63) is 111 Å². The molecule has 0 aliphatic heterocycles. The predicted molar refractivity (Wildman–Crippen MR) is 232 cm³/mol. The van der Waals surface area contributed by atoms with Crippen LogP contribution in [0.5, 0.6) is 0 Å². The van der Waals surface area contributed by atoms with Gasteiger partial charge in [0, 0.05) is 0 Å². The van der Waals surface area contributed by atoms with E-state index >= 15 is 0 Å². The van der Waals surface area contributed by atoms with Crippen molar-refractivity contribution < 1.29 is 58.9 Å². The maximum Gasteiger partial charge on any atom is 4.00 e. The number of aryl methyl sites for hydroxylation is 2. The van der Waals surface area contributed by atoms with E-state index in [9.17, 15) is 0 Å². The summed E-state index contributed by atoms with van der Waals surface area (Å²) in [4.78, 5) is 0. The van der Waals surface area contributed by atoms with Crippen LogP contribution in [0.1, 0.15) is 175 Å². The Kier molecular flexibility index (Phi) is 17.2. The summed E-state index contributed by atoms with van der Waals surface area (Å²) in [6, 6.07) is 25.9. The summed E-state index contributed by atoms with van der Waals surface area (Å²) in [5.74, 6) is 0. The summed E-state index contributed by atoms with van der Waals surface area (Å²) >= 11 is 0. The zero-order valence-electron chi connectivity index (χ0n) is 38.4. The third-order valence-electron chi connectivity index (χ3n) is 11.5. The van der Waals surface area contributed by atoms with Crippen molar-refractivity contribution in [1.29, 1.82) is 0 Å². The molecule has 0 aromatic heterocycles. The van der Waals surface area contributed by atoms with Crippen LogP contribution in [0.25, 0.3) is 0 Å². The van der Waals surface area contributed by atoms with E-state index in [0.717, 1.165) is 0 Å². The second kappa shape index (κ2) is 17.6. The summed E-state index contributed by atoms with van der Waals surface area (Å²) in [5, 5.41) is 6.10. The van der Waals surface area contributed by atoms with Crippen molar-refractivity contribution in [2.24, 2.45) is 0 Å². The van der Waals surface area contributed by atoms with Gasteiger partial charge < -0.3 is 37.2 Å². The third kappa shape index (κ3) is 11.1. The van der Waals surface area contributed by atoms with Crippen molar-refractivity contribution in [3.8, 4) is 0 Å². The Morgan fingerprint density at radius 2 is 0.545 bits per heavy atom. The number of halogens is 3. The molecule has 0 saturated heterocycles. The van der Waals surface area contributed by atoms with Gasteiger partial charge in [0.1, 0.15) is 8.07 Å². The van der Waals surface area contributed by atoms with Crippen LogP contribution in [0.2, 0.25) is 0 Å². The molecular weight excluding hydrogens is 783 g/mol. The van der Waals surface area contributed by atoms with Gasteiger partial charge in [0.25, 0.3) is 0 Å². The van der Waals surface area contributed by atoms with Gasteiger partial charge in [-0.05, 0) is 65.9 Å². The van der Waals surface area contributed by atoms with Crippen LogP contribution in [-0.4, -0.2) is 8.07 Å². The standard InChI is InChI=1S/C50H73Si.3ClH.Ti/c1-32-22-33(2)44(34(32)3)51(41-26-35(45(4,5)6)23-36(27-41)46(7,8)9,42-28-37(47(10,11)12)24-38(29-42)48(13,14)15)43-30-39(49(16,17)18)25-40(31-43)50(19,20)21;;;;/h22-31H,1-21H3;3*1H;/q-1;;;;+4/p-3. The smallest absolute Gasteiger partial charge is 1.00 e. The van der Waals surface area contributed by atoms with E-state index in [-0.39, 0.29) is 91.4 Å². The van der Waals surface area contributed by atoms with Crippen LogP contribution in [-0.2, 0) is 54.2 Å². The van der Waals surface area contributed by atoms with Crippen LogP contribution >= 0.6 is 0 Å². The van der Waals surface area contributed by atoms with E-state index in [1.165, 1.54) is 65.6 Å². The molecule has 0 aliphatic rings. The Morgan fingerprint density at radius 3 is 0.691 bits per heavy atom. The molecule has 0 aliphatic carbocycles. The molecule has 302 valence electrons. The van der Waals surface area contributed by atoms with E-state index in [1.807, 2.05) is 0 Å². The Balaban J connectivity index is 0.00000729. The summed E-state index contributed by atoms with van der Waals surface area (Å²) in [7, 11) is -3.03. The third-order valence-corrected chi connectivity index (χ3v) is 16.4. The quantitative estimate of drug-likeness (QED) is 0.169. The fourth-order valence-electron chi connectivity index (χ4n) is 7.64. The number of hydrogen-bond acceptors (Lipinski definition) is 0. The maximum absolute atomic E-state index is 3.03. The fraction of sp³-hybridized carbons (Fsp3) is 0.540. The molecule has 0 radical (unpaired) electrons. The fourth-order valence-corrected chi connectivity index (χ4v) is 13.2. The molecule has 5 heteroatoms. The van der Waals surface area contributed by atoms with E-state index in [2.05, 4.69) is 206 Å².